The monoisotopic (exact) mass is 432 g/mol. The van der Waals surface area contributed by atoms with E-state index >= 15 is 0 Å². The second-order valence-electron chi connectivity index (χ2n) is 7.34. The standard InChI is InChI=1S/C22H28N2O7/c1-5-12(3)20(22(28)29)24-17(25)10-23-18(26)11-30-16-8-7-15-14(6-2)9-19(27)31-21(15)13(16)4/h7-9,12,20H,5-6,10-11H2,1-4H3,(H,23,26)(H,24,25)(H,28,29). The van der Waals surface area contributed by atoms with Gasteiger partial charge in [-0.15, -0.1) is 0 Å². The maximum Gasteiger partial charge on any atom is 0.336 e. The summed E-state index contributed by atoms with van der Waals surface area (Å²) in [5, 5.41) is 14.8. The van der Waals surface area contributed by atoms with Crippen LogP contribution in [-0.4, -0.2) is 42.1 Å². The van der Waals surface area contributed by atoms with Gasteiger partial charge >= 0.3 is 11.6 Å². The third-order valence-corrected chi connectivity index (χ3v) is 5.18. The lowest BCUT2D eigenvalue weighted by atomic mass is 9.99. The van der Waals surface area contributed by atoms with Gasteiger partial charge < -0.3 is 24.9 Å². The molecular weight excluding hydrogens is 404 g/mol. The van der Waals surface area contributed by atoms with E-state index in [9.17, 15) is 24.3 Å². The van der Waals surface area contributed by atoms with Crippen LogP contribution in [0.25, 0.3) is 11.0 Å². The highest BCUT2D eigenvalue weighted by atomic mass is 16.5. The summed E-state index contributed by atoms with van der Waals surface area (Å²) in [7, 11) is 0. The molecule has 0 aliphatic rings. The molecule has 1 heterocycles. The second-order valence-corrected chi connectivity index (χ2v) is 7.34. The molecule has 168 valence electrons. The minimum Gasteiger partial charge on any atom is -0.483 e. The van der Waals surface area contributed by atoms with Crippen LogP contribution in [0.2, 0.25) is 0 Å². The molecule has 0 aliphatic heterocycles. The minimum absolute atomic E-state index is 0.246. The SMILES string of the molecule is CCc1cc(=O)oc2c(C)c(OCC(=O)NCC(=O)NC(C(=O)O)C(C)CC)ccc12. The molecular formula is C22H28N2O7. The van der Waals surface area contributed by atoms with Crippen molar-refractivity contribution in [1.82, 2.24) is 10.6 Å². The molecule has 0 saturated heterocycles. The predicted molar refractivity (Wildman–Crippen MR) is 114 cm³/mol. The van der Waals surface area contributed by atoms with Crippen LogP contribution in [-0.2, 0) is 20.8 Å². The molecule has 2 rings (SSSR count). The lowest BCUT2D eigenvalue weighted by Crippen LogP contribution is -2.48. The Morgan fingerprint density at radius 3 is 2.52 bits per heavy atom. The van der Waals surface area contributed by atoms with Gasteiger partial charge in [0, 0.05) is 17.0 Å². The third-order valence-electron chi connectivity index (χ3n) is 5.18. The third kappa shape index (κ3) is 6.07. The number of aliphatic carboxylic acids is 1. The summed E-state index contributed by atoms with van der Waals surface area (Å²) >= 11 is 0. The average molecular weight is 432 g/mol. The van der Waals surface area contributed by atoms with Gasteiger partial charge in [-0.05, 0) is 37.0 Å². The van der Waals surface area contributed by atoms with Gasteiger partial charge in [-0.2, -0.15) is 0 Å². The first kappa shape index (κ1) is 23.9. The highest BCUT2D eigenvalue weighted by Crippen LogP contribution is 2.28. The summed E-state index contributed by atoms with van der Waals surface area (Å²) in [5.41, 5.74) is 1.41. The van der Waals surface area contributed by atoms with Crippen molar-refractivity contribution >= 4 is 28.8 Å². The van der Waals surface area contributed by atoms with Crippen molar-refractivity contribution < 1.29 is 28.6 Å². The summed E-state index contributed by atoms with van der Waals surface area (Å²) in [6.45, 7) is 6.50. The van der Waals surface area contributed by atoms with Crippen molar-refractivity contribution in [2.24, 2.45) is 5.92 Å². The van der Waals surface area contributed by atoms with Crippen LogP contribution in [0.15, 0.2) is 27.4 Å². The van der Waals surface area contributed by atoms with Gasteiger partial charge in [-0.25, -0.2) is 9.59 Å². The van der Waals surface area contributed by atoms with E-state index in [1.807, 2.05) is 13.8 Å². The Kier molecular flexibility index (Phi) is 8.18. The Balaban J connectivity index is 1.96. The first-order valence-electron chi connectivity index (χ1n) is 10.2. The van der Waals surface area contributed by atoms with E-state index in [0.717, 1.165) is 10.9 Å². The Morgan fingerprint density at radius 1 is 1.19 bits per heavy atom. The van der Waals surface area contributed by atoms with Gasteiger partial charge in [0.05, 0.1) is 6.54 Å². The summed E-state index contributed by atoms with van der Waals surface area (Å²) in [5.74, 6) is -2.14. The van der Waals surface area contributed by atoms with Gasteiger partial charge in [0.15, 0.2) is 6.61 Å². The topological polar surface area (TPSA) is 135 Å². The van der Waals surface area contributed by atoms with Crippen molar-refractivity contribution in [2.75, 3.05) is 13.2 Å². The molecule has 0 bridgehead atoms. The van der Waals surface area contributed by atoms with Gasteiger partial charge in [0.1, 0.15) is 17.4 Å². The van der Waals surface area contributed by atoms with E-state index in [-0.39, 0.29) is 19.1 Å². The lowest BCUT2D eigenvalue weighted by Gasteiger charge is -2.20. The summed E-state index contributed by atoms with van der Waals surface area (Å²) in [4.78, 5) is 47.1. The molecule has 0 saturated carbocycles. The zero-order valence-corrected chi connectivity index (χ0v) is 18.1. The van der Waals surface area contributed by atoms with E-state index < -0.39 is 29.5 Å². The Bertz CT molecular complexity index is 1030. The van der Waals surface area contributed by atoms with Gasteiger partial charge in [0.25, 0.3) is 5.91 Å². The first-order valence-corrected chi connectivity index (χ1v) is 10.2. The molecule has 2 unspecified atom stereocenters. The molecule has 31 heavy (non-hydrogen) atoms. The van der Waals surface area contributed by atoms with Crippen molar-refractivity contribution in [3.05, 3.63) is 39.7 Å². The van der Waals surface area contributed by atoms with E-state index in [4.69, 9.17) is 9.15 Å². The van der Waals surface area contributed by atoms with Crippen LogP contribution in [0, 0.1) is 12.8 Å². The Hall–Kier alpha value is -3.36. The smallest absolute Gasteiger partial charge is 0.336 e. The number of carboxylic acid groups (broad SMARTS) is 1. The number of nitrogens with one attached hydrogen (secondary N) is 2. The van der Waals surface area contributed by atoms with Gasteiger partial charge in [-0.1, -0.05) is 27.2 Å². The number of carbonyl (C=O) groups excluding carboxylic acids is 2. The van der Waals surface area contributed by atoms with E-state index in [1.165, 1.54) is 6.07 Å². The number of hydrogen-bond donors (Lipinski definition) is 3. The lowest BCUT2D eigenvalue weighted by molar-refractivity contribution is -0.143. The van der Waals surface area contributed by atoms with E-state index in [0.29, 0.717) is 29.7 Å². The maximum atomic E-state index is 12.1. The highest BCUT2D eigenvalue weighted by Gasteiger charge is 2.25. The van der Waals surface area contributed by atoms with Gasteiger partial charge in [-0.3, -0.25) is 9.59 Å². The fraction of sp³-hybridized carbons (Fsp3) is 0.455. The highest BCUT2D eigenvalue weighted by molar-refractivity contribution is 5.88. The largest absolute Gasteiger partial charge is 0.483 e. The first-order chi connectivity index (χ1) is 14.7. The molecule has 2 aromatic rings. The Labute approximate surface area is 179 Å². The summed E-state index contributed by atoms with van der Waals surface area (Å²) in [6, 6.07) is 3.90. The average Bonchev–Trinajstić information content (AvgIpc) is 2.74. The van der Waals surface area contributed by atoms with Crippen LogP contribution in [0.3, 0.4) is 0 Å². The number of amides is 2. The number of carboxylic acids is 1. The second kappa shape index (κ2) is 10.6. The molecule has 0 radical (unpaired) electrons. The number of benzene rings is 1. The molecule has 9 nitrogen and oxygen atoms in total. The summed E-state index contributed by atoms with van der Waals surface area (Å²) < 4.78 is 10.8. The molecule has 3 N–H and O–H groups in total. The van der Waals surface area contributed by atoms with Gasteiger partial charge in [0.2, 0.25) is 5.91 Å². The van der Waals surface area contributed by atoms with Crippen molar-refractivity contribution in [2.45, 2.75) is 46.6 Å². The molecule has 1 aromatic carbocycles. The number of ether oxygens (including phenoxy) is 1. The number of carbonyl (C=O) groups is 3. The maximum absolute atomic E-state index is 12.1. The van der Waals surface area contributed by atoms with Crippen LogP contribution >= 0.6 is 0 Å². The molecule has 2 atom stereocenters. The molecule has 0 spiro atoms. The van der Waals surface area contributed by atoms with Crippen molar-refractivity contribution in [1.29, 1.82) is 0 Å². The fourth-order valence-electron chi connectivity index (χ4n) is 3.14. The number of fused-ring (bicyclic) bond motifs is 1. The minimum atomic E-state index is -1.12. The molecule has 2 amide bonds. The fourth-order valence-corrected chi connectivity index (χ4v) is 3.14. The normalized spacial score (nSPS) is 12.8. The van der Waals surface area contributed by atoms with Crippen molar-refractivity contribution in [3.63, 3.8) is 0 Å². The van der Waals surface area contributed by atoms with E-state index in [1.54, 1.807) is 26.0 Å². The number of hydrogen-bond acceptors (Lipinski definition) is 6. The quantitative estimate of drug-likeness (QED) is 0.487. The molecule has 1 aromatic heterocycles. The van der Waals surface area contributed by atoms with Crippen LogP contribution in [0.4, 0.5) is 0 Å². The molecule has 0 aliphatic carbocycles. The van der Waals surface area contributed by atoms with Crippen LogP contribution in [0.5, 0.6) is 5.75 Å². The van der Waals surface area contributed by atoms with E-state index in [2.05, 4.69) is 10.6 Å². The zero-order chi connectivity index (χ0) is 23.1. The number of aryl methyl sites for hydroxylation is 2. The predicted octanol–water partition coefficient (Wildman–Crippen LogP) is 1.77. The summed E-state index contributed by atoms with van der Waals surface area (Å²) in [6.07, 6.45) is 1.26. The Morgan fingerprint density at radius 2 is 1.90 bits per heavy atom. The zero-order valence-electron chi connectivity index (χ0n) is 18.1. The van der Waals surface area contributed by atoms with Crippen LogP contribution in [0.1, 0.15) is 38.3 Å². The molecule has 9 heteroatoms. The molecule has 0 fully saturated rings. The number of rotatable bonds is 10. The van der Waals surface area contributed by atoms with Crippen molar-refractivity contribution in [3.8, 4) is 5.75 Å². The van der Waals surface area contributed by atoms with Crippen LogP contribution < -0.4 is 21.0 Å².